The molecule has 1 amide bonds. The number of ether oxygens (including phenoxy) is 1. The highest BCUT2D eigenvalue weighted by Gasteiger charge is 2.46. The SMILES string of the molecule is COc1ccc2[nH]cc(CCN3C(=O)C(=O)C(=C(O)c4ccc(Cl)cc4)[C@H]3c3ccc([N+](=O)[O-])cc3)c2c1. The van der Waals surface area contributed by atoms with Crippen LogP contribution >= 0.6 is 11.6 Å². The first kappa shape index (κ1) is 25.0. The molecule has 0 radical (unpaired) electrons. The van der Waals surface area contributed by atoms with Crippen molar-refractivity contribution in [3.63, 3.8) is 0 Å². The number of methoxy groups -OCH3 is 1. The summed E-state index contributed by atoms with van der Waals surface area (Å²) < 4.78 is 5.33. The lowest BCUT2D eigenvalue weighted by atomic mass is 9.95. The van der Waals surface area contributed by atoms with Gasteiger partial charge in [-0.05, 0) is 72.1 Å². The van der Waals surface area contributed by atoms with E-state index in [1.54, 1.807) is 31.4 Å². The Morgan fingerprint density at radius 1 is 1.11 bits per heavy atom. The monoisotopic (exact) mass is 531 g/mol. The molecule has 1 atom stereocenters. The van der Waals surface area contributed by atoms with Crippen molar-refractivity contribution in [3.8, 4) is 5.75 Å². The standard InChI is InChI=1S/C28H22ClN3O6/c1-38-21-10-11-23-22(14-21)18(15-30-23)12-13-31-25(16-4-8-20(9-5-16)32(36)37)24(27(34)28(31)35)26(33)17-2-6-19(29)7-3-17/h2-11,14-15,25,30,33H,12-13H2,1H3/t25-/m1/s1. The highest BCUT2D eigenvalue weighted by atomic mass is 35.5. The van der Waals surface area contributed by atoms with Crippen molar-refractivity contribution in [2.24, 2.45) is 0 Å². The largest absolute Gasteiger partial charge is 0.507 e. The van der Waals surface area contributed by atoms with E-state index in [9.17, 15) is 24.8 Å². The fourth-order valence-corrected chi connectivity index (χ4v) is 4.86. The number of aliphatic hydroxyl groups excluding tert-OH is 1. The molecule has 3 aromatic carbocycles. The Morgan fingerprint density at radius 3 is 2.47 bits per heavy atom. The predicted octanol–water partition coefficient (Wildman–Crippen LogP) is 5.40. The number of Topliss-reactive ketones (excluding diaryl/α,β-unsaturated/α-hetero) is 1. The van der Waals surface area contributed by atoms with Crippen LogP contribution in [0, 0.1) is 10.1 Å². The Bertz CT molecular complexity index is 1590. The number of carbonyl (C=O) groups excluding carboxylic acids is 2. The molecule has 1 aliphatic rings. The van der Waals surface area contributed by atoms with Crippen LogP contribution in [0.25, 0.3) is 16.7 Å². The van der Waals surface area contributed by atoms with Crippen molar-refractivity contribution in [2.45, 2.75) is 12.5 Å². The number of benzene rings is 3. The van der Waals surface area contributed by atoms with Crippen LogP contribution in [0.1, 0.15) is 22.7 Å². The third-order valence-corrected chi connectivity index (χ3v) is 6.93. The van der Waals surface area contributed by atoms with Crippen molar-refractivity contribution in [3.05, 3.63) is 110 Å². The van der Waals surface area contributed by atoms with Gasteiger partial charge in [0.1, 0.15) is 11.5 Å². The van der Waals surface area contributed by atoms with Crippen LogP contribution < -0.4 is 4.74 Å². The number of nitrogens with zero attached hydrogens (tertiary/aromatic N) is 2. The highest BCUT2D eigenvalue weighted by molar-refractivity contribution is 6.46. The number of nitro groups is 1. The van der Waals surface area contributed by atoms with Crippen molar-refractivity contribution in [2.75, 3.05) is 13.7 Å². The summed E-state index contributed by atoms with van der Waals surface area (Å²) >= 11 is 5.97. The summed E-state index contributed by atoms with van der Waals surface area (Å²) in [5.74, 6) is -1.25. The zero-order chi connectivity index (χ0) is 27.0. The molecule has 1 saturated heterocycles. The van der Waals surface area contributed by atoms with Gasteiger partial charge < -0.3 is 19.7 Å². The Balaban J connectivity index is 1.56. The van der Waals surface area contributed by atoms with Crippen molar-refractivity contribution < 1.29 is 24.4 Å². The molecular formula is C28H22ClN3O6. The first-order chi connectivity index (χ1) is 18.3. The van der Waals surface area contributed by atoms with Gasteiger partial charge >= 0.3 is 0 Å². The molecule has 192 valence electrons. The maximum Gasteiger partial charge on any atom is 0.295 e. The number of non-ortho nitro benzene ring substituents is 1. The molecule has 0 spiro atoms. The van der Waals surface area contributed by atoms with Gasteiger partial charge in [-0.2, -0.15) is 0 Å². The van der Waals surface area contributed by atoms with E-state index in [2.05, 4.69) is 4.98 Å². The fourth-order valence-electron chi connectivity index (χ4n) is 4.73. The minimum absolute atomic E-state index is 0.0910. The van der Waals surface area contributed by atoms with Gasteiger partial charge in [-0.1, -0.05) is 11.6 Å². The first-order valence-electron chi connectivity index (χ1n) is 11.7. The number of aromatic nitrogens is 1. The number of hydrogen-bond acceptors (Lipinski definition) is 6. The number of rotatable bonds is 7. The molecule has 38 heavy (non-hydrogen) atoms. The van der Waals surface area contributed by atoms with Gasteiger partial charge in [-0.15, -0.1) is 0 Å². The normalized spacial score (nSPS) is 16.8. The minimum atomic E-state index is -0.939. The summed E-state index contributed by atoms with van der Waals surface area (Å²) in [6.07, 6.45) is 2.25. The maximum atomic E-state index is 13.3. The Kier molecular flexibility index (Phi) is 6.61. The van der Waals surface area contributed by atoms with Gasteiger partial charge in [-0.25, -0.2) is 0 Å². The quantitative estimate of drug-likeness (QED) is 0.108. The van der Waals surface area contributed by atoms with E-state index in [-0.39, 0.29) is 23.6 Å². The minimum Gasteiger partial charge on any atom is -0.507 e. The van der Waals surface area contributed by atoms with Crippen LogP contribution in [-0.2, 0) is 16.0 Å². The smallest absolute Gasteiger partial charge is 0.295 e. The lowest BCUT2D eigenvalue weighted by Gasteiger charge is -2.25. The van der Waals surface area contributed by atoms with Crippen molar-refractivity contribution in [1.82, 2.24) is 9.88 Å². The number of hydrogen-bond donors (Lipinski definition) is 2. The maximum absolute atomic E-state index is 13.3. The molecule has 0 unspecified atom stereocenters. The fraction of sp³-hybridized carbons (Fsp3) is 0.143. The summed E-state index contributed by atoms with van der Waals surface area (Å²) in [5, 5.41) is 23.7. The van der Waals surface area contributed by atoms with Gasteiger partial charge in [0.25, 0.3) is 17.4 Å². The lowest BCUT2D eigenvalue weighted by Crippen LogP contribution is -2.31. The topological polar surface area (TPSA) is 126 Å². The third kappa shape index (κ3) is 4.48. The third-order valence-electron chi connectivity index (χ3n) is 6.67. The van der Waals surface area contributed by atoms with E-state index >= 15 is 0 Å². The number of halogens is 1. The number of ketones is 1. The summed E-state index contributed by atoms with van der Waals surface area (Å²) in [6.45, 7) is 0.161. The van der Waals surface area contributed by atoms with Crippen LogP contribution in [0.4, 0.5) is 5.69 Å². The van der Waals surface area contributed by atoms with Crippen LogP contribution in [-0.4, -0.2) is 45.3 Å². The molecule has 2 heterocycles. The van der Waals surface area contributed by atoms with E-state index in [0.717, 1.165) is 16.5 Å². The van der Waals surface area contributed by atoms with Crippen LogP contribution in [0.3, 0.4) is 0 Å². The number of nitro benzene ring substituents is 1. The molecule has 0 saturated carbocycles. The molecule has 1 aromatic heterocycles. The van der Waals surface area contributed by atoms with Gasteiger partial charge in [0.2, 0.25) is 0 Å². The van der Waals surface area contributed by atoms with E-state index in [1.807, 2.05) is 24.4 Å². The Hall–Kier alpha value is -4.63. The number of fused-ring (bicyclic) bond motifs is 1. The second-order valence-corrected chi connectivity index (χ2v) is 9.26. The number of H-pyrrole nitrogens is 1. The molecule has 1 fully saturated rings. The number of nitrogens with one attached hydrogen (secondary N) is 1. The molecule has 5 rings (SSSR count). The summed E-state index contributed by atoms with van der Waals surface area (Å²) in [4.78, 5) is 41.8. The van der Waals surface area contributed by atoms with E-state index in [0.29, 0.717) is 28.3 Å². The number of aromatic amines is 1. The van der Waals surface area contributed by atoms with Crippen molar-refractivity contribution in [1.29, 1.82) is 0 Å². The first-order valence-corrected chi connectivity index (χ1v) is 12.1. The number of amides is 1. The molecule has 2 N–H and O–H groups in total. The Labute approximate surface area is 222 Å². The molecule has 0 aliphatic carbocycles. The zero-order valence-corrected chi connectivity index (χ0v) is 20.9. The van der Waals surface area contributed by atoms with Crippen LogP contribution in [0.15, 0.2) is 78.5 Å². The molecular weight excluding hydrogens is 510 g/mol. The highest BCUT2D eigenvalue weighted by Crippen LogP contribution is 2.40. The van der Waals surface area contributed by atoms with Crippen LogP contribution in [0.5, 0.6) is 5.75 Å². The molecule has 1 aliphatic heterocycles. The number of likely N-dealkylation sites (tertiary alicyclic amines) is 1. The average molecular weight is 532 g/mol. The second kappa shape index (κ2) is 10.0. The molecule has 4 aromatic rings. The molecule has 10 heteroatoms. The van der Waals surface area contributed by atoms with Gasteiger partial charge in [0.15, 0.2) is 0 Å². The van der Waals surface area contributed by atoms with E-state index in [1.165, 1.54) is 29.2 Å². The van der Waals surface area contributed by atoms with Gasteiger partial charge in [0.05, 0.1) is 23.6 Å². The zero-order valence-electron chi connectivity index (χ0n) is 20.2. The second-order valence-electron chi connectivity index (χ2n) is 8.82. The van der Waals surface area contributed by atoms with E-state index in [4.69, 9.17) is 16.3 Å². The Morgan fingerprint density at radius 2 is 1.82 bits per heavy atom. The number of carbonyl (C=O) groups is 2. The predicted molar refractivity (Wildman–Crippen MR) is 142 cm³/mol. The van der Waals surface area contributed by atoms with Crippen molar-refractivity contribution >= 4 is 45.6 Å². The lowest BCUT2D eigenvalue weighted by molar-refractivity contribution is -0.384. The van der Waals surface area contributed by atoms with Crippen LogP contribution in [0.2, 0.25) is 5.02 Å². The summed E-state index contributed by atoms with van der Waals surface area (Å²) in [7, 11) is 1.58. The van der Waals surface area contributed by atoms with E-state index < -0.39 is 22.7 Å². The number of aliphatic hydroxyl groups is 1. The van der Waals surface area contributed by atoms with Gasteiger partial charge in [-0.3, -0.25) is 19.7 Å². The molecule has 9 nitrogen and oxygen atoms in total. The summed E-state index contributed by atoms with van der Waals surface area (Å²) in [6, 6.07) is 16.5. The average Bonchev–Trinajstić information content (AvgIpc) is 3.44. The van der Waals surface area contributed by atoms with Gasteiger partial charge in [0, 0.05) is 46.4 Å². The summed E-state index contributed by atoms with van der Waals surface area (Å²) in [5.41, 5.74) is 2.38. The molecule has 0 bridgehead atoms.